The predicted molar refractivity (Wildman–Crippen MR) is 212 cm³/mol. The molecule has 0 aliphatic heterocycles. The van der Waals surface area contributed by atoms with Crippen LogP contribution in [0.1, 0.15) is 143 Å². The third-order valence-electron chi connectivity index (χ3n) is 8.86. The first-order chi connectivity index (χ1) is 23.1. The average molecular weight is 792 g/mol. The first-order valence-corrected chi connectivity index (χ1v) is 18.1. The van der Waals surface area contributed by atoms with Gasteiger partial charge in [-0.2, -0.15) is 0 Å². The van der Waals surface area contributed by atoms with Crippen LogP contribution in [-0.4, -0.2) is 11.4 Å². The Hall–Kier alpha value is -2.89. The van der Waals surface area contributed by atoms with Gasteiger partial charge in [-0.1, -0.05) is 157 Å². The van der Waals surface area contributed by atoms with E-state index in [0.29, 0.717) is 0 Å². The largest absolute Gasteiger partial charge is 4.00 e. The Morgan fingerprint density at radius 2 is 0.755 bits per heavy atom. The molecule has 4 nitrogen and oxygen atoms in total. The summed E-state index contributed by atoms with van der Waals surface area (Å²) in [6, 6.07) is 28.0. The third-order valence-corrected chi connectivity index (χ3v) is 8.86. The monoisotopic (exact) mass is 790 g/mol. The molecule has 0 aliphatic rings. The summed E-state index contributed by atoms with van der Waals surface area (Å²) in [6.07, 6.45) is 1.45. The summed E-state index contributed by atoms with van der Waals surface area (Å²) in [6.45, 7) is 29.8. The second-order valence-corrected chi connectivity index (χ2v) is 17.3. The number of rotatable bonds is 6. The van der Waals surface area contributed by atoms with Crippen LogP contribution in [0.25, 0.3) is 0 Å². The SMILES string of the molecule is CC/C(=N\c1ccccc1)c1cc(C(C)(C)C)cc(C(C)(C)C)c1[O-].CC/C(=N\c1ccccc1)c1cc(C(C)(C)C)cc(C(C)(C)C)c1[O-].[Cl-].[Cl-].[Ti+4]. The number of benzene rings is 4. The molecule has 0 atom stereocenters. The van der Waals surface area contributed by atoms with Gasteiger partial charge in [0.15, 0.2) is 0 Å². The summed E-state index contributed by atoms with van der Waals surface area (Å²) in [5.74, 6) is 0.217. The van der Waals surface area contributed by atoms with Crippen LogP contribution >= 0.6 is 0 Å². The first-order valence-electron chi connectivity index (χ1n) is 18.1. The van der Waals surface area contributed by atoms with Gasteiger partial charge in [0.1, 0.15) is 0 Å². The minimum atomic E-state index is -0.196. The van der Waals surface area contributed by atoms with Crippen molar-refractivity contribution < 1.29 is 56.7 Å². The molecular formula is C46H60Cl2N2O2Ti. The van der Waals surface area contributed by atoms with E-state index in [4.69, 9.17) is 9.98 Å². The third kappa shape index (κ3) is 13.7. The molecule has 7 heteroatoms. The van der Waals surface area contributed by atoms with Crippen LogP contribution in [0.5, 0.6) is 11.5 Å². The Morgan fingerprint density at radius 3 is 0.981 bits per heavy atom. The zero-order chi connectivity index (χ0) is 37.7. The Morgan fingerprint density at radius 1 is 0.472 bits per heavy atom. The molecule has 0 heterocycles. The van der Waals surface area contributed by atoms with Gasteiger partial charge in [-0.15, -0.1) is 0 Å². The van der Waals surface area contributed by atoms with Gasteiger partial charge in [-0.05, 0) is 104 Å². The summed E-state index contributed by atoms with van der Waals surface area (Å²) in [5, 5.41) is 26.4. The van der Waals surface area contributed by atoms with Crippen molar-refractivity contribution in [1.29, 1.82) is 0 Å². The van der Waals surface area contributed by atoms with E-state index in [1.54, 1.807) is 0 Å². The number of halogens is 2. The maximum atomic E-state index is 13.2. The van der Waals surface area contributed by atoms with Crippen LogP contribution in [0.4, 0.5) is 11.4 Å². The minimum Gasteiger partial charge on any atom is -1.00 e. The van der Waals surface area contributed by atoms with Gasteiger partial charge < -0.3 is 35.0 Å². The summed E-state index contributed by atoms with van der Waals surface area (Å²) in [5.41, 5.74) is 8.62. The molecule has 0 amide bonds. The summed E-state index contributed by atoms with van der Waals surface area (Å²) in [7, 11) is 0. The molecule has 0 saturated heterocycles. The van der Waals surface area contributed by atoms with Crippen LogP contribution in [0.3, 0.4) is 0 Å². The standard InChI is InChI=1S/2C23H31NO.2ClH.Ti/c2*1-8-20(24-17-12-10-9-11-13-17)18-14-16(22(2,3)4)15-19(21(18)25)23(5,6)7;;;/h2*9-15,25H,8H2,1-7H3;2*1H;/q;;;;+4/p-4/b2*24-20+;;;. The van der Waals surface area contributed by atoms with Crippen LogP contribution in [0.2, 0.25) is 0 Å². The second kappa shape index (κ2) is 20.2. The molecule has 0 N–H and O–H groups in total. The molecule has 4 aromatic carbocycles. The van der Waals surface area contributed by atoms with Gasteiger partial charge in [-0.3, -0.25) is 9.98 Å². The first kappa shape index (κ1) is 50.1. The van der Waals surface area contributed by atoms with E-state index in [9.17, 15) is 10.2 Å². The number of hydrogen-bond donors (Lipinski definition) is 0. The topological polar surface area (TPSA) is 70.8 Å². The molecular weight excluding hydrogens is 731 g/mol. The Balaban J connectivity index is 0.000000966. The van der Waals surface area contributed by atoms with Gasteiger partial charge in [0.05, 0.1) is 11.4 Å². The van der Waals surface area contributed by atoms with Crippen LogP contribution in [0.15, 0.2) is 94.9 Å². The molecule has 4 aromatic rings. The van der Waals surface area contributed by atoms with E-state index >= 15 is 0 Å². The maximum absolute atomic E-state index is 13.2. The molecule has 284 valence electrons. The molecule has 0 aromatic heterocycles. The normalized spacial score (nSPS) is 12.4. The van der Waals surface area contributed by atoms with E-state index in [2.05, 4.69) is 109 Å². The fourth-order valence-corrected chi connectivity index (χ4v) is 5.64. The molecule has 53 heavy (non-hydrogen) atoms. The fraction of sp³-hybridized carbons (Fsp3) is 0.435. The molecule has 0 spiro atoms. The zero-order valence-electron chi connectivity index (χ0n) is 34.5. The molecule has 0 unspecified atom stereocenters. The van der Waals surface area contributed by atoms with Gasteiger partial charge >= 0.3 is 21.7 Å². The van der Waals surface area contributed by atoms with Gasteiger partial charge in [0.25, 0.3) is 0 Å². The molecule has 0 saturated carbocycles. The van der Waals surface area contributed by atoms with Crippen molar-refractivity contribution in [2.24, 2.45) is 9.98 Å². The number of para-hydroxylation sites is 2. The summed E-state index contributed by atoms with van der Waals surface area (Å²) < 4.78 is 0. The van der Waals surface area contributed by atoms with Crippen LogP contribution in [0, 0.1) is 0 Å². The summed E-state index contributed by atoms with van der Waals surface area (Å²) >= 11 is 0. The quantitative estimate of drug-likeness (QED) is 0.184. The van der Waals surface area contributed by atoms with Crippen LogP contribution in [-0.2, 0) is 43.4 Å². The number of nitrogens with zero attached hydrogens (tertiary/aromatic N) is 2. The van der Waals surface area contributed by atoms with Crippen LogP contribution < -0.4 is 35.0 Å². The van der Waals surface area contributed by atoms with E-state index < -0.39 is 0 Å². The Kier molecular flexibility index (Phi) is 19.1. The van der Waals surface area contributed by atoms with E-state index in [-0.39, 0.29) is 79.7 Å². The van der Waals surface area contributed by atoms with Crippen molar-refractivity contribution >= 4 is 22.8 Å². The number of aliphatic imine (C=N–C) groups is 2. The molecule has 0 bridgehead atoms. The molecule has 0 fully saturated rings. The molecule has 0 aliphatic carbocycles. The van der Waals surface area contributed by atoms with Crippen molar-refractivity contribution in [1.82, 2.24) is 0 Å². The smallest absolute Gasteiger partial charge is 1.00 e. The van der Waals surface area contributed by atoms with Crippen molar-refractivity contribution in [2.45, 2.75) is 131 Å². The molecule has 4 rings (SSSR count). The van der Waals surface area contributed by atoms with Crippen molar-refractivity contribution in [3.63, 3.8) is 0 Å². The van der Waals surface area contributed by atoms with Gasteiger partial charge in [0, 0.05) is 11.4 Å². The van der Waals surface area contributed by atoms with Gasteiger partial charge in [-0.25, -0.2) is 0 Å². The Bertz CT molecular complexity index is 1670. The molecule has 0 radical (unpaired) electrons. The van der Waals surface area contributed by atoms with E-state index in [1.165, 1.54) is 11.1 Å². The zero-order valence-corrected chi connectivity index (χ0v) is 37.5. The van der Waals surface area contributed by atoms with Crippen molar-refractivity contribution in [3.05, 3.63) is 118 Å². The van der Waals surface area contributed by atoms with E-state index in [1.807, 2.05) is 72.8 Å². The fourth-order valence-electron chi connectivity index (χ4n) is 5.64. The second-order valence-electron chi connectivity index (χ2n) is 17.3. The average Bonchev–Trinajstić information content (AvgIpc) is 3.02. The van der Waals surface area contributed by atoms with Gasteiger partial charge in [0.2, 0.25) is 0 Å². The maximum Gasteiger partial charge on any atom is 4.00 e. The van der Waals surface area contributed by atoms with E-state index in [0.717, 1.165) is 57.9 Å². The predicted octanol–water partition coefficient (Wildman–Crippen LogP) is 5.78. The van der Waals surface area contributed by atoms with Crippen molar-refractivity contribution in [3.8, 4) is 11.5 Å². The Labute approximate surface area is 348 Å². The minimum absolute atomic E-state index is 0. The number of hydrogen-bond acceptors (Lipinski definition) is 4. The summed E-state index contributed by atoms with van der Waals surface area (Å²) in [4.78, 5) is 9.54. The van der Waals surface area contributed by atoms with Crippen molar-refractivity contribution in [2.75, 3.05) is 0 Å².